The van der Waals surface area contributed by atoms with E-state index >= 15 is 0 Å². The van der Waals surface area contributed by atoms with Crippen LogP contribution in [0.2, 0.25) is 0 Å². The molecular formula is C22H23N3O3. The lowest BCUT2D eigenvalue weighted by Crippen LogP contribution is -2.36. The number of para-hydroxylation sites is 1. The molecule has 2 aromatic rings. The molecule has 2 aliphatic heterocycles. The Kier molecular flexibility index (Phi) is 5.37. The van der Waals surface area contributed by atoms with Gasteiger partial charge in [-0.15, -0.1) is 0 Å². The van der Waals surface area contributed by atoms with E-state index in [1.165, 1.54) is 0 Å². The molecule has 0 spiro atoms. The van der Waals surface area contributed by atoms with Gasteiger partial charge in [0.2, 0.25) is 6.10 Å². The van der Waals surface area contributed by atoms with Crippen LogP contribution in [0.15, 0.2) is 59.8 Å². The van der Waals surface area contributed by atoms with Crippen molar-refractivity contribution in [2.24, 2.45) is 5.16 Å². The van der Waals surface area contributed by atoms with Gasteiger partial charge in [-0.1, -0.05) is 47.6 Å². The first-order valence-electron chi connectivity index (χ1n) is 9.69. The van der Waals surface area contributed by atoms with Gasteiger partial charge in [0, 0.05) is 19.5 Å². The number of carbonyl (C=O) groups is 2. The molecule has 0 aromatic heterocycles. The van der Waals surface area contributed by atoms with E-state index in [9.17, 15) is 9.59 Å². The number of benzene rings is 2. The summed E-state index contributed by atoms with van der Waals surface area (Å²) in [5, 5.41) is 6.92. The Morgan fingerprint density at radius 1 is 0.964 bits per heavy atom. The molecule has 0 bridgehead atoms. The van der Waals surface area contributed by atoms with Gasteiger partial charge in [0.1, 0.15) is 0 Å². The van der Waals surface area contributed by atoms with Crippen LogP contribution in [0.5, 0.6) is 0 Å². The number of nitrogens with zero attached hydrogens (tertiary/aromatic N) is 2. The van der Waals surface area contributed by atoms with Gasteiger partial charge in [0.15, 0.2) is 0 Å². The zero-order valence-corrected chi connectivity index (χ0v) is 15.6. The monoisotopic (exact) mass is 377 g/mol. The molecule has 1 fully saturated rings. The van der Waals surface area contributed by atoms with Crippen molar-refractivity contribution in [1.29, 1.82) is 0 Å². The van der Waals surface area contributed by atoms with Crippen molar-refractivity contribution in [3.63, 3.8) is 0 Å². The molecule has 2 aliphatic rings. The Morgan fingerprint density at radius 3 is 2.46 bits per heavy atom. The zero-order valence-electron chi connectivity index (χ0n) is 15.6. The average molecular weight is 377 g/mol. The summed E-state index contributed by atoms with van der Waals surface area (Å²) in [5.41, 5.74) is 2.72. The highest BCUT2D eigenvalue weighted by atomic mass is 16.6. The second-order valence-corrected chi connectivity index (χ2v) is 7.09. The smallest absolute Gasteiger partial charge is 0.268 e. The van der Waals surface area contributed by atoms with Crippen LogP contribution in [0.3, 0.4) is 0 Å². The summed E-state index contributed by atoms with van der Waals surface area (Å²) >= 11 is 0. The third kappa shape index (κ3) is 3.91. The summed E-state index contributed by atoms with van der Waals surface area (Å²) in [7, 11) is 0. The van der Waals surface area contributed by atoms with Crippen LogP contribution in [0.4, 0.5) is 5.69 Å². The summed E-state index contributed by atoms with van der Waals surface area (Å²) in [6.45, 7) is 1.53. The molecule has 2 aromatic carbocycles. The maximum absolute atomic E-state index is 12.9. The van der Waals surface area contributed by atoms with Gasteiger partial charge in [-0.05, 0) is 37.0 Å². The van der Waals surface area contributed by atoms with Crippen LogP contribution >= 0.6 is 0 Å². The number of rotatable bonds is 4. The molecule has 2 amide bonds. The summed E-state index contributed by atoms with van der Waals surface area (Å²) < 4.78 is 0. The number of hydrogen-bond donors (Lipinski definition) is 1. The van der Waals surface area contributed by atoms with Gasteiger partial charge >= 0.3 is 0 Å². The minimum atomic E-state index is -0.701. The number of amides is 2. The number of hydrogen-bond acceptors (Lipinski definition) is 4. The number of nitrogens with one attached hydrogen (secondary N) is 1. The topological polar surface area (TPSA) is 71.0 Å². The number of piperidine rings is 1. The number of oxime groups is 1. The van der Waals surface area contributed by atoms with Crippen molar-refractivity contribution < 1.29 is 14.4 Å². The molecule has 4 rings (SSSR count). The summed E-state index contributed by atoms with van der Waals surface area (Å²) in [6, 6.07) is 16.8. The van der Waals surface area contributed by atoms with Crippen LogP contribution in [0.1, 0.15) is 41.6 Å². The first-order valence-corrected chi connectivity index (χ1v) is 9.69. The highest BCUT2D eigenvalue weighted by Gasteiger charge is 2.30. The van der Waals surface area contributed by atoms with E-state index in [2.05, 4.69) is 10.5 Å². The van der Waals surface area contributed by atoms with Gasteiger partial charge in [0.05, 0.1) is 17.0 Å². The maximum Gasteiger partial charge on any atom is 0.268 e. The standard InChI is InChI=1S/C22H23N3O3/c26-21(20-15-19(24-28-20)16-9-3-1-4-10-16)23-18-12-6-5-11-17(18)22(27)25-13-7-2-8-14-25/h1,3-6,9-12,20H,2,7-8,13-15H2,(H,23,26). The molecule has 2 heterocycles. The Balaban J connectivity index is 1.43. The largest absolute Gasteiger partial charge is 0.382 e. The molecule has 1 saturated heterocycles. The quantitative estimate of drug-likeness (QED) is 0.887. The molecule has 144 valence electrons. The van der Waals surface area contributed by atoms with Crippen LogP contribution in [0, 0.1) is 0 Å². The number of likely N-dealkylation sites (tertiary alicyclic amines) is 1. The Hall–Kier alpha value is -3.15. The fourth-order valence-electron chi connectivity index (χ4n) is 3.58. The van der Waals surface area contributed by atoms with E-state index in [0.29, 0.717) is 17.7 Å². The summed E-state index contributed by atoms with van der Waals surface area (Å²) in [4.78, 5) is 32.8. The van der Waals surface area contributed by atoms with Crippen molar-refractivity contribution in [2.45, 2.75) is 31.8 Å². The molecule has 1 unspecified atom stereocenters. The van der Waals surface area contributed by atoms with Crippen molar-refractivity contribution >= 4 is 23.2 Å². The van der Waals surface area contributed by atoms with Crippen molar-refractivity contribution in [3.05, 3.63) is 65.7 Å². The average Bonchev–Trinajstić information content (AvgIpc) is 3.25. The third-order valence-corrected chi connectivity index (χ3v) is 5.13. The summed E-state index contributed by atoms with van der Waals surface area (Å²) in [5.74, 6) is -0.335. The van der Waals surface area contributed by atoms with Gasteiger partial charge in [-0.3, -0.25) is 9.59 Å². The van der Waals surface area contributed by atoms with Crippen LogP contribution in [0.25, 0.3) is 0 Å². The first kappa shape index (κ1) is 18.2. The maximum atomic E-state index is 12.9. The predicted molar refractivity (Wildman–Crippen MR) is 107 cm³/mol. The van der Waals surface area contributed by atoms with Crippen LogP contribution < -0.4 is 5.32 Å². The Labute approximate surface area is 164 Å². The molecule has 0 radical (unpaired) electrons. The molecule has 0 aliphatic carbocycles. The van der Waals surface area contributed by atoms with Crippen LogP contribution in [-0.2, 0) is 9.63 Å². The Bertz CT molecular complexity index is 889. The van der Waals surface area contributed by atoms with E-state index in [1.54, 1.807) is 12.1 Å². The molecule has 1 atom stereocenters. The van der Waals surface area contributed by atoms with E-state index in [1.807, 2.05) is 47.4 Å². The molecule has 6 nitrogen and oxygen atoms in total. The minimum absolute atomic E-state index is 0.0378. The molecule has 6 heteroatoms. The second-order valence-electron chi connectivity index (χ2n) is 7.09. The van der Waals surface area contributed by atoms with E-state index in [-0.39, 0.29) is 11.8 Å². The lowest BCUT2D eigenvalue weighted by molar-refractivity contribution is -0.125. The van der Waals surface area contributed by atoms with Crippen molar-refractivity contribution in [3.8, 4) is 0 Å². The van der Waals surface area contributed by atoms with E-state index < -0.39 is 6.10 Å². The predicted octanol–water partition coefficient (Wildman–Crippen LogP) is 3.44. The molecule has 0 saturated carbocycles. The number of carbonyl (C=O) groups excluding carboxylic acids is 2. The van der Waals surface area contributed by atoms with Gasteiger partial charge < -0.3 is 15.1 Å². The first-order chi connectivity index (χ1) is 13.7. The van der Waals surface area contributed by atoms with Crippen molar-refractivity contribution in [1.82, 2.24) is 4.90 Å². The lowest BCUT2D eigenvalue weighted by Gasteiger charge is -2.27. The molecule has 1 N–H and O–H groups in total. The zero-order chi connectivity index (χ0) is 19.3. The normalized spacial score (nSPS) is 18.9. The second kappa shape index (κ2) is 8.25. The minimum Gasteiger partial charge on any atom is -0.382 e. The van der Waals surface area contributed by atoms with E-state index in [0.717, 1.165) is 43.6 Å². The Morgan fingerprint density at radius 2 is 1.68 bits per heavy atom. The fraction of sp³-hybridized carbons (Fsp3) is 0.318. The highest BCUT2D eigenvalue weighted by Crippen LogP contribution is 2.22. The third-order valence-electron chi connectivity index (χ3n) is 5.13. The molecular weight excluding hydrogens is 354 g/mol. The van der Waals surface area contributed by atoms with Gasteiger partial charge in [-0.2, -0.15) is 0 Å². The summed E-state index contributed by atoms with van der Waals surface area (Å²) in [6.07, 6.45) is 2.91. The fourth-order valence-corrected chi connectivity index (χ4v) is 3.58. The van der Waals surface area contributed by atoms with Crippen LogP contribution in [-0.4, -0.2) is 41.6 Å². The van der Waals surface area contributed by atoms with Crippen molar-refractivity contribution in [2.75, 3.05) is 18.4 Å². The molecule has 28 heavy (non-hydrogen) atoms. The highest BCUT2D eigenvalue weighted by molar-refractivity contribution is 6.08. The van der Waals surface area contributed by atoms with E-state index in [4.69, 9.17) is 4.84 Å². The SMILES string of the molecule is O=C(Nc1ccccc1C(=O)N1CCCCC1)C1CC(c2ccccc2)=NO1. The lowest BCUT2D eigenvalue weighted by atomic mass is 10.0. The van der Waals surface area contributed by atoms with Gasteiger partial charge in [0.25, 0.3) is 11.8 Å². The van der Waals surface area contributed by atoms with Gasteiger partial charge in [-0.25, -0.2) is 0 Å². The number of anilines is 1.